The average Bonchev–Trinajstić information content (AvgIpc) is 2.93. The van der Waals surface area contributed by atoms with Crippen LogP contribution in [0.4, 0.5) is 0 Å². The number of hydrogen-bond acceptors (Lipinski definition) is 2. The molecule has 3 heteroatoms. The predicted molar refractivity (Wildman–Crippen MR) is 83.7 cm³/mol. The van der Waals surface area contributed by atoms with Crippen LogP contribution in [0.2, 0.25) is 0 Å². The summed E-state index contributed by atoms with van der Waals surface area (Å²) in [5.74, 6) is 0.835. The van der Waals surface area contributed by atoms with Crippen molar-refractivity contribution in [1.82, 2.24) is 9.97 Å². The van der Waals surface area contributed by atoms with Gasteiger partial charge in [0, 0.05) is 10.8 Å². The van der Waals surface area contributed by atoms with Crippen LogP contribution in [-0.4, -0.2) is 9.97 Å². The molecule has 0 bridgehead atoms. The predicted octanol–water partition coefficient (Wildman–Crippen LogP) is 3.89. The van der Waals surface area contributed by atoms with E-state index in [2.05, 4.69) is 53.5 Å². The fourth-order valence-electron chi connectivity index (χ4n) is 2.86. The lowest BCUT2D eigenvalue weighted by Crippen LogP contribution is -2.06. The molecule has 0 spiro atoms. The number of hydrogen-bond donors (Lipinski definition) is 2. The highest BCUT2D eigenvalue weighted by molar-refractivity contribution is 6.23. The van der Waals surface area contributed by atoms with Gasteiger partial charge in [-0.3, -0.25) is 0 Å². The van der Waals surface area contributed by atoms with Gasteiger partial charge in [-0.25, -0.2) is 4.98 Å². The molecule has 0 radical (unpaired) electrons. The maximum Gasteiger partial charge on any atom is 0.123 e. The first kappa shape index (κ1) is 11.4. The molecule has 0 amide bonds. The fourth-order valence-corrected chi connectivity index (χ4v) is 2.86. The molecule has 0 fully saturated rings. The summed E-state index contributed by atoms with van der Waals surface area (Å²) in [6.45, 7) is 1.95. The molecular weight excluding hydrogens is 246 g/mol. The summed E-state index contributed by atoms with van der Waals surface area (Å²) in [5.41, 5.74) is 8.05. The Kier molecular flexibility index (Phi) is 2.32. The smallest absolute Gasteiger partial charge is 0.123 e. The van der Waals surface area contributed by atoms with Crippen molar-refractivity contribution in [2.24, 2.45) is 5.73 Å². The Morgan fingerprint density at radius 1 is 0.900 bits per heavy atom. The molecule has 0 aliphatic rings. The lowest BCUT2D eigenvalue weighted by molar-refractivity contribution is 0.760. The molecule has 0 saturated heterocycles. The van der Waals surface area contributed by atoms with Crippen molar-refractivity contribution in [3.05, 3.63) is 54.4 Å². The fraction of sp³-hybridized carbons (Fsp3) is 0.118. The second-order valence-corrected chi connectivity index (χ2v) is 5.23. The van der Waals surface area contributed by atoms with E-state index in [-0.39, 0.29) is 6.04 Å². The van der Waals surface area contributed by atoms with Gasteiger partial charge in [0.2, 0.25) is 0 Å². The number of aromatic nitrogens is 2. The molecular formula is C17H15N3. The molecule has 98 valence electrons. The molecule has 0 aliphatic carbocycles. The lowest BCUT2D eigenvalue weighted by Gasteiger charge is -2.05. The molecule has 4 aromatic rings. The topological polar surface area (TPSA) is 54.7 Å². The number of nitrogens with two attached hydrogens (primary N) is 1. The van der Waals surface area contributed by atoms with E-state index < -0.39 is 0 Å². The minimum atomic E-state index is -0.0973. The highest BCUT2D eigenvalue weighted by Gasteiger charge is 2.13. The quantitative estimate of drug-likeness (QED) is 0.511. The zero-order valence-electron chi connectivity index (χ0n) is 11.2. The lowest BCUT2D eigenvalue weighted by atomic mass is 10.0. The van der Waals surface area contributed by atoms with Crippen molar-refractivity contribution in [3.8, 4) is 0 Å². The van der Waals surface area contributed by atoms with Crippen LogP contribution in [0.25, 0.3) is 32.6 Å². The van der Waals surface area contributed by atoms with Gasteiger partial charge in [0.25, 0.3) is 0 Å². The summed E-state index contributed by atoms with van der Waals surface area (Å²) < 4.78 is 0. The van der Waals surface area contributed by atoms with E-state index in [1.54, 1.807) is 0 Å². The molecule has 3 nitrogen and oxygen atoms in total. The van der Waals surface area contributed by atoms with E-state index in [1.165, 1.54) is 21.5 Å². The van der Waals surface area contributed by atoms with Crippen molar-refractivity contribution < 1.29 is 0 Å². The van der Waals surface area contributed by atoms with Crippen LogP contribution in [0.15, 0.2) is 48.5 Å². The SMILES string of the molecule is C[C@@H](N)c1nc2c3ccccc3c3ccccc3c2[nH]1. The second kappa shape index (κ2) is 4.05. The Balaban J connectivity index is 2.32. The number of fused-ring (bicyclic) bond motifs is 6. The number of imidazole rings is 1. The zero-order valence-corrected chi connectivity index (χ0v) is 11.2. The van der Waals surface area contributed by atoms with E-state index in [4.69, 9.17) is 10.7 Å². The van der Waals surface area contributed by atoms with E-state index in [0.29, 0.717) is 0 Å². The minimum Gasteiger partial charge on any atom is -0.340 e. The van der Waals surface area contributed by atoms with Crippen LogP contribution in [0.3, 0.4) is 0 Å². The third-order valence-corrected chi connectivity index (χ3v) is 3.82. The summed E-state index contributed by atoms with van der Waals surface area (Å²) >= 11 is 0. The minimum absolute atomic E-state index is 0.0973. The van der Waals surface area contributed by atoms with Crippen molar-refractivity contribution >= 4 is 32.6 Å². The molecule has 1 aromatic heterocycles. The largest absolute Gasteiger partial charge is 0.340 e. The Hall–Kier alpha value is -2.39. The highest BCUT2D eigenvalue weighted by Crippen LogP contribution is 2.33. The number of benzene rings is 3. The molecule has 4 rings (SSSR count). The van der Waals surface area contributed by atoms with Gasteiger partial charge in [-0.05, 0) is 17.7 Å². The molecule has 1 atom stereocenters. The van der Waals surface area contributed by atoms with E-state index in [9.17, 15) is 0 Å². The van der Waals surface area contributed by atoms with Crippen molar-refractivity contribution in [2.75, 3.05) is 0 Å². The van der Waals surface area contributed by atoms with Crippen LogP contribution in [0.1, 0.15) is 18.8 Å². The monoisotopic (exact) mass is 261 g/mol. The Bertz CT molecular complexity index is 862. The third-order valence-electron chi connectivity index (χ3n) is 3.82. The van der Waals surface area contributed by atoms with E-state index in [0.717, 1.165) is 16.9 Å². The van der Waals surface area contributed by atoms with Gasteiger partial charge in [-0.15, -0.1) is 0 Å². The van der Waals surface area contributed by atoms with Crippen molar-refractivity contribution in [3.63, 3.8) is 0 Å². The molecule has 1 heterocycles. The van der Waals surface area contributed by atoms with Gasteiger partial charge in [-0.1, -0.05) is 48.5 Å². The normalized spacial score (nSPS) is 13.3. The van der Waals surface area contributed by atoms with Gasteiger partial charge in [0.1, 0.15) is 5.82 Å². The van der Waals surface area contributed by atoms with Gasteiger partial charge in [0.15, 0.2) is 0 Å². The maximum atomic E-state index is 5.97. The first-order valence-electron chi connectivity index (χ1n) is 6.80. The summed E-state index contributed by atoms with van der Waals surface area (Å²) in [6.07, 6.45) is 0. The Morgan fingerprint density at radius 2 is 1.45 bits per heavy atom. The summed E-state index contributed by atoms with van der Waals surface area (Å²) in [7, 11) is 0. The van der Waals surface area contributed by atoms with Crippen LogP contribution in [0.5, 0.6) is 0 Å². The third kappa shape index (κ3) is 1.47. The summed E-state index contributed by atoms with van der Waals surface area (Å²) in [4.78, 5) is 8.10. The molecule has 0 aliphatic heterocycles. The second-order valence-electron chi connectivity index (χ2n) is 5.23. The summed E-state index contributed by atoms with van der Waals surface area (Å²) in [5, 5.41) is 4.85. The van der Waals surface area contributed by atoms with Gasteiger partial charge >= 0.3 is 0 Å². The van der Waals surface area contributed by atoms with Crippen LogP contribution >= 0.6 is 0 Å². The van der Waals surface area contributed by atoms with E-state index >= 15 is 0 Å². The zero-order chi connectivity index (χ0) is 13.7. The molecule has 3 aromatic carbocycles. The molecule has 20 heavy (non-hydrogen) atoms. The summed E-state index contributed by atoms with van der Waals surface area (Å²) in [6, 6.07) is 16.7. The van der Waals surface area contributed by atoms with Gasteiger partial charge in [-0.2, -0.15) is 0 Å². The van der Waals surface area contributed by atoms with Crippen molar-refractivity contribution in [1.29, 1.82) is 0 Å². The maximum absolute atomic E-state index is 5.97. The van der Waals surface area contributed by atoms with E-state index in [1.807, 2.05) is 6.92 Å². The van der Waals surface area contributed by atoms with Crippen LogP contribution < -0.4 is 5.73 Å². The standard InChI is InChI=1S/C17H15N3/c1-10(18)17-19-15-13-8-4-2-6-11(13)12-7-3-5-9-14(12)16(15)20-17/h2-10H,18H2,1H3,(H,19,20)/t10-/m1/s1. The average molecular weight is 261 g/mol. The molecule has 0 unspecified atom stereocenters. The van der Waals surface area contributed by atoms with Gasteiger partial charge < -0.3 is 10.7 Å². The molecule has 0 saturated carbocycles. The highest BCUT2D eigenvalue weighted by atomic mass is 15.0. The van der Waals surface area contributed by atoms with Gasteiger partial charge in [0.05, 0.1) is 17.1 Å². The number of nitrogens with one attached hydrogen (secondary N) is 1. The Labute approximate surface area is 116 Å². The number of rotatable bonds is 1. The first-order valence-corrected chi connectivity index (χ1v) is 6.80. The number of nitrogens with zero attached hydrogens (tertiary/aromatic N) is 1. The first-order chi connectivity index (χ1) is 9.75. The Morgan fingerprint density at radius 3 is 2.10 bits per heavy atom. The van der Waals surface area contributed by atoms with Crippen LogP contribution in [-0.2, 0) is 0 Å². The van der Waals surface area contributed by atoms with Crippen molar-refractivity contribution in [2.45, 2.75) is 13.0 Å². The molecule has 3 N–H and O–H groups in total. The number of H-pyrrole nitrogens is 1. The number of aromatic amines is 1. The van der Waals surface area contributed by atoms with Crippen LogP contribution in [0, 0.1) is 0 Å².